The summed E-state index contributed by atoms with van der Waals surface area (Å²) >= 11 is 0. The Kier molecular flexibility index (Phi) is 3.35. The molecule has 0 aromatic carbocycles. The van der Waals surface area contributed by atoms with Crippen LogP contribution in [0.3, 0.4) is 0 Å². The average Bonchev–Trinajstić information content (AvgIpc) is 3.11. The Hall–Kier alpha value is -0.940. The van der Waals surface area contributed by atoms with Crippen molar-refractivity contribution in [2.75, 3.05) is 27.2 Å². The predicted octanol–water partition coefficient (Wildman–Crippen LogP) is 1.47. The number of aromatic nitrogens is 2. The molecule has 0 bridgehead atoms. The standard InChI is InChI=1S/C13H22N4O/c1-16(2)11-4-3-7-17(8-11)9-12-14-13(18-15-12)10-5-6-10/h10-11H,3-9H2,1-2H3/t11-/m0/s1. The van der Waals surface area contributed by atoms with E-state index in [1.807, 2.05) is 0 Å². The molecule has 1 aromatic heterocycles. The Labute approximate surface area is 108 Å². The van der Waals surface area contributed by atoms with Gasteiger partial charge in [0.25, 0.3) is 0 Å². The smallest absolute Gasteiger partial charge is 0.229 e. The maximum Gasteiger partial charge on any atom is 0.229 e. The van der Waals surface area contributed by atoms with Gasteiger partial charge in [-0.2, -0.15) is 4.98 Å². The first-order valence-electron chi connectivity index (χ1n) is 6.93. The average molecular weight is 250 g/mol. The first-order valence-corrected chi connectivity index (χ1v) is 6.93. The van der Waals surface area contributed by atoms with Gasteiger partial charge in [0.05, 0.1) is 6.54 Å². The van der Waals surface area contributed by atoms with Crippen molar-refractivity contribution in [1.29, 1.82) is 0 Å². The van der Waals surface area contributed by atoms with Crippen LogP contribution < -0.4 is 0 Å². The van der Waals surface area contributed by atoms with Gasteiger partial charge < -0.3 is 9.42 Å². The zero-order valence-electron chi connectivity index (χ0n) is 11.3. The second-order valence-corrected chi connectivity index (χ2v) is 5.82. The third kappa shape index (κ3) is 2.72. The Morgan fingerprint density at radius 3 is 2.89 bits per heavy atom. The van der Waals surface area contributed by atoms with E-state index in [4.69, 9.17) is 4.52 Å². The van der Waals surface area contributed by atoms with Crippen molar-refractivity contribution < 1.29 is 4.52 Å². The quantitative estimate of drug-likeness (QED) is 0.810. The van der Waals surface area contributed by atoms with Gasteiger partial charge in [-0.1, -0.05) is 5.16 Å². The lowest BCUT2D eigenvalue weighted by atomic mass is 10.1. The van der Waals surface area contributed by atoms with E-state index in [0.717, 1.165) is 31.3 Å². The summed E-state index contributed by atoms with van der Waals surface area (Å²) in [5.74, 6) is 2.27. The molecule has 100 valence electrons. The Morgan fingerprint density at radius 2 is 2.17 bits per heavy atom. The molecule has 3 rings (SSSR count). The van der Waals surface area contributed by atoms with E-state index in [2.05, 4.69) is 34.0 Å². The molecule has 18 heavy (non-hydrogen) atoms. The van der Waals surface area contributed by atoms with E-state index in [9.17, 15) is 0 Å². The fourth-order valence-electron chi connectivity index (χ4n) is 2.62. The van der Waals surface area contributed by atoms with Crippen molar-refractivity contribution >= 4 is 0 Å². The summed E-state index contributed by atoms with van der Waals surface area (Å²) in [6, 6.07) is 0.661. The third-order valence-corrected chi connectivity index (χ3v) is 3.99. The van der Waals surface area contributed by atoms with Crippen LogP contribution in [0.5, 0.6) is 0 Å². The van der Waals surface area contributed by atoms with Crippen LogP contribution in [-0.2, 0) is 6.54 Å². The molecule has 2 fully saturated rings. The molecule has 1 saturated carbocycles. The van der Waals surface area contributed by atoms with Crippen molar-refractivity contribution in [2.45, 2.75) is 44.2 Å². The van der Waals surface area contributed by atoms with Crippen molar-refractivity contribution in [2.24, 2.45) is 0 Å². The molecule has 1 aromatic rings. The number of likely N-dealkylation sites (N-methyl/N-ethyl adjacent to an activating group) is 1. The Balaban J connectivity index is 1.57. The maximum atomic E-state index is 5.31. The Morgan fingerprint density at radius 1 is 1.33 bits per heavy atom. The summed E-state index contributed by atoms with van der Waals surface area (Å²) in [7, 11) is 4.32. The van der Waals surface area contributed by atoms with Gasteiger partial charge in [0.2, 0.25) is 5.89 Å². The molecule has 0 amide bonds. The second-order valence-electron chi connectivity index (χ2n) is 5.82. The van der Waals surface area contributed by atoms with E-state index in [1.54, 1.807) is 0 Å². The monoisotopic (exact) mass is 250 g/mol. The highest BCUT2D eigenvalue weighted by Crippen LogP contribution is 2.38. The van der Waals surface area contributed by atoms with Gasteiger partial charge in [-0.3, -0.25) is 4.90 Å². The molecule has 1 aliphatic carbocycles. The van der Waals surface area contributed by atoms with Gasteiger partial charge in [0.15, 0.2) is 5.82 Å². The van der Waals surface area contributed by atoms with E-state index in [1.165, 1.54) is 25.7 Å². The SMILES string of the molecule is CN(C)[C@H]1CCCN(Cc2noc(C3CC3)n2)C1. The zero-order valence-corrected chi connectivity index (χ0v) is 11.3. The number of piperidine rings is 1. The molecular formula is C13H22N4O. The fourth-order valence-corrected chi connectivity index (χ4v) is 2.62. The molecule has 5 nitrogen and oxygen atoms in total. The number of rotatable bonds is 4. The minimum Gasteiger partial charge on any atom is -0.339 e. The van der Waals surface area contributed by atoms with Crippen LogP contribution in [0, 0.1) is 0 Å². The second kappa shape index (κ2) is 4.97. The molecule has 2 aliphatic rings. The van der Waals surface area contributed by atoms with E-state index in [-0.39, 0.29) is 0 Å². The highest BCUT2D eigenvalue weighted by atomic mass is 16.5. The minimum atomic E-state index is 0.558. The number of nitrogens with zero attached hydrogens (tertiary/aromatic N) is 4. The van der Waals surface area contributed by atoms with Crippen LogP contribution >= 0.6 is 0 Å². The normalized spacial score (nSPS) is 25.8. The van der Waals surface area contributed by atoms with Crippen molar-refractivity contribution in [1.82, 2.24) is 19.9 Å². The first-order chi connectivity index (χ1) is 8.72. The molecule has 0 unspecified atom stereocenters. The third-order valence-electron chi connectivity index (χ3n) is 3.99. The number of likely N-dealkylation sites (tertiary alicyclic amines) is 1. The summed E-state index contributed by atoms with van der Waals surface area (Å²) in [4.78, 5) is 9.26. The maximum absolute atomic E-state index is 5.31. The van der Waals surface area contributed by atoms with E-state index in [0.29, 0.717) is 12.0 Å². The lowest BCUT2D eigenvalue weighted by Gasteiger charge is -2.35. The summed E-state index contributed by atoms with van der Waals surface area (Å²) in [5.41, 5.74) is 0. The molecule has 0 radical (unpaired) electrons. The summed E-state index contributed by atoms with van der Waals surface area (Å²) in [5, 5.41) is 4.10. The van der Waals surface area contributed by atoms with Crippen molar-refractivity contribution in [3.8, 4) is 0 Å². The van der Waals surface area contributed by atoms with Crippen LogP contribution in [0.4, 0.5) is 0 Å². The fraction of sp³-hybridized carbons (Fsp3) is 0.846. The zero-order chi connectivity index (χ0) is 12.5. The Bertz CT molecular complexity index is 399. The molecule has 1 atom stereocenters. The van der Waals surface area contributed by atoms with Crippen molar-refractivity contribution in [3.05, 3.63) is 11.7 Å². The highest BCUT2D eigenvalue weighted by molar-refractivity contribution is 5.01. The number of hydrogen-bond donors (Lipinski definition) is 0. The summed E-state index contributed by atoms with van der Waals surface area (Å²) in [6.45, 7) is 3.10. The van der Waals surface area contributed by atoms with Gasteiger partial charge in [0.1, 0.15) is 0 Å². The lowest BCUT2D eigenvalue weighted by molar-refractivity contribution is 0.125. The number of hydrogen-bond acceptors (Lipinski definition) is 5. The molecule has 1 aliphatic heterocycles. The molecule has 1 saturated heterocycles. The van der Waals surface area contributed by atoms with Gasteiger partial charge in [-0.05, 0) is 46.3 Å². The topological polar surface area (TPSA) is 45.4 Å². The van der Waals surface area contributed by atoms with Gasteiger partial charge in [0, 0.05) is 18.5 Å². The van der Waals surface area contributed by atoms with Crippen LogP contribution in [0.25, 0.3) is 0 Å². The summed E-state index contributed by atoms with van der Waals surface area (Å²) < 4.78 is 5.31. The lowest BCUT2D eigenvalue weighted by Crippen LogP contribution is -2.44. The summed E-state index contributed by atoms with van der Waals surface area (Å²) in [6.07, 6.45) is 4.99. The molecular weight excluding hydrogens is 228 g/mol. The van der Waals surface area contributed by atoms with Gasteiger partial charge >= 0.3 is 0 Å². The van der Waals surface area contributed by atoms with Gasteiger partial charge in [-0.25, -0.2) is 0 Å². The van der Waals surface area contributed by atoms with Crippen LogP contribution in [0.15, 0.2) is 4.52 Å². The molecule has 2 heterocycles. The predicted molar refractivity (Wildman–Crippen MR) is 68.3 cm³/mol. The highest BCUT2D eigenvalue weighted by Gasteiger charge is 2.30. The molecule has 5 heteroatoms. The largest absolute Gasteiger partial charge is 0.339 e. The van der Waals surface area contributed by atoms with Crippen LogP contribution in [0.2, 0.25) is 0 Å². The van der Waals surface area contributed by atoms with Crippen LogP contribution in [-0.4, -0.2) is 53.2 Å². The minimum absolute atomic E-state index is 0.558. The first kappa shape index (κ1) is 12.1. The van der Waals surface area contributed by atoms with E-state index >= 15 is 0 Å². The van der Waals surface area contributed by atoms with Crippen molar-refractivity contribution in [3.63, 3.8) is 0 Å². The van der Waals surface area contributed by atoms with E-state index < -0.39 is 0 Å². The van der Waals surface area contributed by atoms with Gasteiger partial charge in [-0.15, -0.1) is 0 Å². The van der Waals surface area contributed by atoms with Crippen LogP contribution in [0.1, 0.15) is 43.3 Å². The molecule has 0 N–H and O–H groups in total. The molecule has 0 spiro atoms.